The van der Waals surface area contributed by atoms with Gasteiger partial charge in [0.1, 0.15) is 0 Å². The van der Waals surface area contributed by atoms with E-state index in [2.05, 4.69) is 9.47 Å². The molecule has 0 N–H and O–H groups in total. The predicted octanol–water partition coefficient (Wildman–Crippen LogP) is -0.588. The molecule has 0 amide bonds. The summed E-state index contributed by atoms with van der Waals surface area (Å²) in [4.78, 5) is 45.5. The summed E-state index contributed by atoms with van der Waals surface area (Å²) in [6.07, 6.45) is 0.315. The van der Waals surface area contributed by atoms with Crippen LogP contribution in [0, 0.1) is 23.7 Å². The molecular weight excluding hydrogens is 216 g/mol. The third-order valence-electron chi connectivity index (χ3n) is 3.62. The van der Waals surface area contributed by atoms with Gasteiger partial charge in [-0.05, 0) is 12.3 Å². The Morgan fingerprint density at radius 1 is 0.875 bits per heavy atom. The summed E-state index contributed by atoms with van der Waals surface area (Å²) in [6, 6.07) is 0. The summed E-state index contributed by atoms with van der Waals surface area (Å²) >= 11 is 0. The Hall–Kier alpha value is -1.72. The van der Waals surface area contributed by atoms with Crippen LogP contribution in [0.5, 0.6) is 0 Å². The molecule has 0 aromatic heterocycles. The molecule has 2 heterocycles. The topological polar surface area (TPSA) is 86.7 Å². The molecule has 3 rings (SSSR count). The van der Waals surface area contributed by atoms with Gasteiger partial charge in [-0.2, -0.15) is 0 Å². The Balaban J connectivity index is 2.02. The monoisotopic (exact) mass is 224 g/mol. The minimum Gasteiger partial charge on any atom is -0.393 e. The summed E-state index contributed by atoms with van der Waals surface area (Å²) in [7, 11) is 0. The first kappa shape index (κ1) is 9.50. The van der Waals surface area contributed by atoms with Gasteiger partial charge in [-0.1, -0.05) is 0 Å². The van der Waals surface area contributed by atoms with Crippen molar-refractivity contribution in [2.75, 3.05) is 0 Å². The molecule has 0 aromatic carbocycles. The van der Waals surface area contributed by atoms with Crippen LogP contribution in [-0.2, 0) is 28.7 Å². The third-order valence-corrected chi connectivity index (χ3v) is 3.62. The number of rotatable bonds is 0. The second-order valence-corrected chi connectivity index (χ2v) is 4.38. The molecule has 3 aliphatic rings. The van der Waals surface area contributed by atoms with Crippen LogP contribution >= 0.6 is 0 Å². The van der Waals surface area contributed by atoms with Crippen molar-refractivity contribution in [1.29, 1.82) is 0 Å². The van der Waals surface area contributed by atoms with Crippen LogP contribution in [0.15, 0.2) is 0 Å². The second-order valence-electron chi connectivity index (χ2n) is 4.38. The van der Waals surface area contributed by atoms with Crippen LogP contribution in [0.25, 0.3) is 0 Å². The number of hydrogen-bond donors (Lipinski definition) is 0. The number of esters is 4. The van der Waals surface area contributed by atoms with E-state index in [-0.39, 0.29) is 6.42 Å². The van der Waals surface area contributed by atoms with Crippen molar-refractivity contribution in [1.82, 2.24) is 0 Å². The highest BCUT2D eigenvalue weighted by atomic mass is 16.6. The van der Waals surface area contributed by atoms with E-state index in [9.17, 15) is 19.2 Å². The van der Waals surface area contributed by atoms with Crippen molar-refractivity contribution in [3.8, 4) is 0 Å². The van der Waals surface area contributed by atoms with Gasteiger partial charge < -0.3 is 9.47 Å². The quantitative estimate of drug-likeness (QED) is 0.404. The molecule has 4 atom stereocenters. The van der Waals surface area contributed by atoms with E-state index in [0.29, 0.717) is 6.42 Å². The van der Waals surface area contributed by atoms with Crippen LogP contribution in [-0.4, -0.2) is 23.9 Å². The molecule has 3 fully saturated rings. The normalized spacial score (nSPS) is 41.5. The van der Waals surface area contributed by atoms with Crippen LogP contribution in [0.4, 0.5) is 0 Å². The summed E-state index contributed by atoms with van der Waals surface area (Å²) in [5, 5.41) is 0. The fraction of sp³-hybridized carbons (Fsp3) is 0.600. The number of ether oxygens (including phenoxy) is 2. The first-order chi connectivity index (χ1) is 7.58. The number of fused-ring (bicyclic) bond motifs is 5. The standard InChI is InChI=1S/C10H8O6/c11-6-2-3-4-1-5(7(3)10(14)15-6)9(13)16-8(4)12/h3-5,7H,1-2H2/t3?,4?,5-,7?/m1/s1. The largest absolute Gasteiger partial charge is 0.393 e. The molecular formula is C10H8O6. The molecule has 0 aromatic rings. The van der Waals surface area contributed by atoms with Crippen molar-refractivity contribution in [2.45, 2.75) is 12.8 Å². The van der Waals surface area contributed by atoms with Gasteiger partial charge >= 0.3 is 23.9 Å². The molecule has 2 bridgehead atoms. The molecule has 6 heteroatoms. The Morgan fingerprint density at radius 2 is 1.56 bits per heavy atom. The van der Waals surface area contributed by atoms with E-state index in [4.69, 9.17) is 0 Å². The molecule has 84 valence electrons. The van der Waals surface area contributed by atoms with Gasteiger partial charge in [0.25, 0.3) is 0 Å². The molecule has 0 spiro atoms. The fourth-order valence-electron chi connectivity index (χ4n) is 2.93. The van der Waals surface area contributed by atoms with Crippen molar-refractivity contribution < 1.29 is 28.7 Å². The SMILES string of the molecule is O=C1CC2C3C[C@@H](C(=O)OC3=O)C2C(=O)O1. The molecule has 1 aliphatic carbocycles. The average molecular weight is 224 g/mol. The minimum atomic E-state index is -0.694. The summed E-state index contributed by atoms with van der Waals surface area (Å²) in [5.74, 6) is -4.83. The van der Waals surface area contributed by atoms with E-state index in [1.807, 2.05) is 0 Å². The Labute approximate surface area is 89.9 Å². The Kier molecular flexibility index (Phi) is 1.72. The first-order valence-electron chi connectivity index (χ1n) is 5.08. The molecule has 2 saturated heterocycles. The zero-order chi connectivity index (χ0) is 11.4. The second kappa shape index (κ2) is 2.90. The highest BCUT2D eigenvalue weighted by Crippen LogP contribution is 2.49. The zero-order valence-electron chi connectivity index (χ0n) is 8.17. The minimum absolute atomic E-state index is 0.0138. The van der Waals surface area contributed by atoms with Crippen LogP contribution in [0.1, 0.15) is 12.8 Å². The lowest BCUT2D eigenvalue weighted by Crippen LogP contribution is -2.37. The van der Waals surface area contributed by atoms with Gasteiger partial charge in [0.15, 0.2) is 0 Å². The summed E-state index contributed by atoms with van der Waals surface area (Å²) < 4.78 is 9.05. The number of carbonyl (C=O) groups is 4. The van der Waals surface area contributed by atoms with Crippen LogP contribution in [0.3, 0.4) is 0 Å². The number of cyclic esters (lactones) is 4. The predicted molar refractivity (Wildman–Crippen MR) is 45.4 cm³/mol. The summed E-state index contributed by atoms with van der Waals surface area (Å²) in [5.41, 5.74) is 0. The molecule has 3 unspecified atom stereocenters. The third kappa shape index (κ3) is 1.07. The Bertz CT molecular complexity index is 425. The van der Waals surface area contributed by atoms with Gasteiger partial charge in [-0.15, -0.1) is 0 Å². The summed E-state index contributed by atoms with van der Waals surface area (Å²) in [6.45, 7) is 0. The maximum absolute atomic E-state index is 11.5. The zero-order valence-corrected chi connectivity index (χ0v) is 8.17. The number of carbonyl (C=O) groups excluding carboxylic acids is 4. The van der Waals surface area contributed by atoms with Crippen molar-refractivity contribution >= 4 is 23.9 Å². The van der Waals surface area contributed by atoms with Crippen LogP contribution in [0.2, 0.25) is 0 Å². The van der Waals surface area contributed by atoms with Crippen molar-refractivity contribution in [3.63, 3.8) is 0 Å². The van der Waals surface area contributed by atoms with E-state index < -0.39 is 47.5 Å². The van der Waals surface area contributed by atoms with Gasteiger partial charge in [0.05, 0.1) is 24.2 Å². The maximum atomic E-state index is 11.5. The Morgan fingerprint density at radius 3 is 2.31 bits per heavy atom. The maximum Gasteiger partial charge on any atom is 0.317 e. The molecule has 2 aliphatic heterocycles. The van der Waals surface area contributed by atoms with Crippen molar-refractivity contribution in [2.24, 2.45) is 23.7 Å². The molecule has 16 heavy (non-hydrogen) atoms. The van der Waals surface area contributed by atoms with E-state index in [0.717, 1.165) is 0 Å². The van der Waals surface area contributed by atoms with Gasteiger partial charge in [0, 0.05) is 0 Å². The first-order valence-corrected chi connectivity index (χ1v) is 5.08. The number of hydrogen-bond acceptors (Lipinski definition) is 6. The van der Waals surface area contributed by atoms with Crippen molar-refractivity contribution in [3.05, 3.63) is 0 Å². The smallest absolute Gasteiger partial charge is 0.317 e. The van der Waals surface area contributed by atoms with Crippen LogP contribution < -0.4 is 0 Å². The van der Waals surface area contributed by atoms with E-state index >= 15 is 0 Å². The van der Waals surface area contributed by atoms with Gasteiger partial charge in [-0.3, -0.25) is 19.2 Å². The molecule has 6 nitrogen and oxygen atoms in total. The highest BCUT2D eigenvalue weighted by Gasteiger charge is 2.60. The fourth-order valence-corrected chi connectivity index (χ4v) is 2.93. The van der Waals surface area contributed by atoms with Gasteiger partial charge in [-0.25, -0.2) is 0 Å². The molecule has 1 saturated carbocycles. The molecule has 0 radical (unpaired) electrons. The lowest BCUT2D eigenvalue weighted by molar-refractivity contribution is -0.174. The van der Waals surface area contributed by atoms with E-state index in [1.165, 1.54) is 0 Å². The van der Waals surface area contributed by atoms with Gasteiger partial charge in [0.2, 0.25) is 0 Å². The van der Waals surface area contributed by atoms with E-state index in [1.54, 1.807) is 0 Å². The highest BCUT2D eigenvalue weighted by molar-refractivity contribution is 5.99. The lowest BCUT2D eigenvalue weighted by Gasteiger charge is -2.24. The lowest BCUT2D eigenvalue weighted by atomic mass is 9.83. The average Bonchev–Trinajstić information content (AvgIpc) is 2.52.